The van der Waals surface area contributed by atoms with Gasteiger partial charge in [0.2, 0.25) is 0 Å². The molecule has 3 aromatic rings. The molecule has 0 fully saturated rings. The van der Waals surface area contributed by atoms with Crippen molar-refractivity contribution in [3.8, 4) is 0 Å². The molecule has 0 aliphatic heterocycles. The smallest absolute Gasteiger partial charge is 0.335 e. The third-order valence-electron chi connectivity index (χ3n) is 4.46. The number of carboxylic acid groups (broad SMARTS) is 1. The molecule has 0 amide bonds. The summed E-state index contributed by atoms with van der Waals surface area (Å²) in [5, 5.41) is 10.5. The summed E-state index contributed by atoms with van der Waals surface area (Å²) in [4.78, 5) is 23.9. The van der Waals surface area contributed by atoms with Crippen molar-refractivity contribution in [3.63, 3.8) is 0 Å². The number of allylic oxidation sites excluding steroid dienone is 1. The van der Waals surface area contributed by atoms with Crippen LogP contribution in [0.25, 0.3) is 22.6 Å². The Morgan fingerprint density at radius 3 is 2.65 bits per heavy atom. The maximum atomic E-state index is 12.8. The average molecular weight is 387 g/mol. The summed E-state index contributed by atoms with van der Waals surface area (Å²) in [6.45, 7) is 0. The van der Waals surface area contributed by atoms with Crippen LogP contribution in [-0.4, -0.2) is 11.1 Å². The highest BCUT2D eigenvalue weighted by atomic mass is 35.5. The van der Waals surface area contributed by atoms with Crippen LogP contribution in [0.2, 0.25) is 10.0 Å². The molecule has 130 valence electrons. The van der Waals surface area contributed by atoms with Crippen LogP contribution in [0.1, 0.15) is 33.7 Å². The highest BCUT2D eigenvalue weighted by molar-refractivity contribution is 6.35. The van der Waals surface area contributed by atoms with Gasteiger partial charge in [0, 0.05) is 15.6 Å². The van der Waals surface area contributed by atoms with Gasteiger partial charge in [0.05, 0.1) is 10.9 Å². The summed E-state index contributed by atoms with van der Waals surface area (Å²) in [6.07, 6.45) is 3.09. The lowest BCUT2D eigenvalue weighted by atomic mass is 10.1. The third-order valence-corrected chi connectivity index (χ3v) is 5.02. The van der Waals surface area contributed by atoms with Crippen LogP contribution in [0.4, 0.5) is 0 Å². The van der Waals surface area contributed by atoms with Crippen LogP contribution in [0.3, 0.4) is 0 Å². The topological polar surface area (TPSA) is 67.5 Å². The summed E-state index contributed by atoms with van der Waals surface area (Å²) in [5.74, 6) is -0.540. The Labute approximate surface area is 158 Å². The molecule has 26 heavy (non-hydrogen) atoms. The van der Waals surface area contributed by atoms with E-state index in [9.17, 15) is 9.59 Å². The van der Waals surface area contributed by atoms with Crippen LogP contribution in [0.15, 0.2) is 45.6 Å². The van der Waals surface area contributed by atoms with E-state index in [-0.39, 0.29) is 16.4 Å². The molecule has 6 heteroatoms. The van der Waals surface area contributed by atoms with Crippen molar-refractivity contribution < 1.29 is 14.3 Å². The molecule has 0 saturated carbocycles. The summed E-state index contributed by atoms with van der Waals surface area (Å²) < 4.78 is 5.94. The van der Waals surface area contributed by atoms with E-state index >= 15 is 0 Å². The molecule has 1 aliphatic rings. The summed E-state index contributed by atoms with van der Waals surface area (Å²) in [6, 6.07) is 9.53. The number of fused-ring (bicyclic) bond motifs is 2. The molecule has 1 N–H and O–H groups in total. The maximum Gasteiger partial charge on any atom is 0.335 e. The second-order valence-corrected chi connectivity index (χ2v) is 6.93. The minimum Gasteiger partial charge on any atom is -0.478 e. The first kappa shape index (κ1) is 16.9. The fourth-order valence-electron chi connectivity index (χ4n) is 3.17. The Kier molecular flexibility index (Phi) is 4.10. The Morgan fingerprint density at radius 2 is 1.92 bits per heavy atom. The van der Waals surface area contributed by atoms with Gasteiger partial charge in [-0.2, -0.15) is 0 Å². The van der Waals surface area contributed by atoms with Crippen molar-refractivity contribution in [2.75, 3.05) is 0 Å². The molecule has 0 bridgehead atoms. The number of carbonyl (C=O) groups is 1. The number of aromatic carboxylic acids is 1. The number of benzene rings is 2. The van der Waals surface area contributed by atoms with Gasteiger partial charge in [-0.15, -0.1) is 0 Å². The second kappa shape index (κ2) is 6.31. The fourth-order valence-corrected chi connectivity index (χ4v) is 3.63. The van der Waals surface area contributed by atoms with Gasteiger partial charge < -0.3 is 9.52 Å². The Hall–Kier alpha value is -2.56. The Morgan fingerprint density at radius 1 is 1.12 bits per heavy atom. The van der Waals surface area contributed by atoms with E-state index in [2.05, 4.69) is 0 Å². The van der Waals surface area contributed by atoms with Crippen molar-refractivity contribution in [2.45, 2.75) is 12.8 Å². The fraction of sp³-hybridized carbons (Fsp3) is 0.100. The third kappa shape index (κ3) is 2.81. The van der Waals surface area contributed by atoms with Gasteiger partial charge >= 0.3 is 5.97 Å². The quantitative estimate of drug-likeness (QED) is 0.649. The van der Waals surface area contributed by atoms with Crippen LogP contribution >= 0.6 is 23.2 Å². The zero-order chi connectivity index (χ0) is 18.4. The molecule has 0 atom stereocenters. The van der Waals surface area contributed by atoms with E-state index < -0.39 is 5.97 Å². The number of halogens is 2. The number of carboxylic acids is 1. The van der Waals surface area contributed by atoms with E-state index in [0.29, 0.717) is 39.8 Å². The highest BCUT2D eigenvalue weighted by Gasteiger charge is 2.24. The normalized spacial score (nSPS) is 14.8. The van der Waals surface area contributed by atoms with Gasteiger partial charge in [-0.05, 0) is 60.4 Å². The molecule has 0 radical (unpaired) electrons. The maximum absolute atomic E-state index is 12.8. The first-order valence-corrected chi connectivity index (χ1v) is 8.68. The monoisotopic (exact) mass is 386 g/mol. The van der Waals surface area contributed by atoms with Gasteiger partial charge in [0.1, 0.15) is 11.3 Å². The van der Waals surface area contributed by atoms with Crippen molar-refractivity contribution in [1.29, 1.82) is 0 Å². The van der Waals surface area contributed by atoms with E-state index in [1.54, 1.807) is 12.1 Å². The van der Waals surface area contributed by atoms with Gasteiger partial charge in [0.25, 0.3) is 0 Å². The van der Waals surface area contributed by atoms with Crippen LogP contribution in [-0.2, 0) is 6.42 Å². The van der Waals surface area contributed by atoms with E-state index in [4.69, 9.17) is 32.7 Å². The van der Waals surface area contributed by atoms with Gasteiger partial charge in [-0.25, -0.2) is 4.79 Å². The predicted octanol–water partition coefficient (Wildman–Crippen LogP) is 5.28. The van der Waals surface area contributed by atoms with Crippen molar-refractivity contribution in [1.82, 2.24) is 0 Å². The molecule has 0 spiro atoms. The van der Waals surface area contributed by atoms with Crippen molar-refractivity contribution in [3.05, 3.63) is 79.1 Å². The Bertz CT molecular complexity index is 1160. The minimum atomic E-state index is -1.08. The van der Waals surface area contributed by atoms with Gasteiger partial charge in [-0.1, -0.05) is 29.3 Å². The number of rotatable bonds is 2. The zero-order valence-electron chi connectivity index (χ0n) is 13.4. The lowest BCUT2D eigenvalue weighted by Crippen LogP contribution is -2.09. The van der Waals surface area contributed by atoms with Crippen molar-refractivity contribution >= 4 is 51.8 Å². The lowest BCUT2D eigenvalue weighted by molar-refractivity contribution is 0.0697. The summed E-state index contributed by atoms with van der Waals surface area (Å²) in [7, 11) is 0. The van der Waals surface area contributed by atoms with Crippen LogP contribution in [0, 0.1) is 0 Å². The second-order valence-electron chi connectivity index (χ2n) is 6.09. The highest BCUT2D eigenvalue weighted by Crippen LogP contribution is 2.35. The number of hydrogen-bond donors (Lipinski definition) is 1. The standard InChI is InChI=1S/C20H12Cl2O4/c21-13-4-1-10(16(22)9-13)7-11-2-5-14-18(23)15-8-12(20(24)25)3-6-17(15)26-19(11)14/h1,3-4,6-9H,2,5H2,(H,24,25)/b11-7+. The minimum absolute atomic E-state index is 0.0615. The molecule has 4 nitrogen and oxygen atoms in total. The molecule has 4 rings (SSSR count). The van der Waals surface area contributed by atoms with Gasteiger partial charge in [-0.3, -0.25) is 4.79 Å². The molecule has 0 unspecified atom stereocenters. The first-order chi connectivity index (χ1) is 12.4. The predicted molar refractivity (Wildman–Crippen MR) is 102 cm³/mol. The summed E-state index contributed by atoms with van der Waals surface area (Å²) in [5.41, 5.74) is 2.49. The SMILES string of the molecule is O=C(O)c1ccc2oc3c(c(=O)c2c1)CC/C3=C\c1ccc(Cl)cc1Cl. The zero-order valence-corrected chi connectivity index (χ0v) is 14.9. The molecule has 1 aromatic heterocycles. The van der Waals surface area contributed by atoms with E-state index in [1.807, 2.05) is 12.1 Å². The molecular formula is C20H12Cl2O4. The molecule has 0 saturated heterocycles. The molecule has 1 heterocycles. The summed E-state index contributed by atoms with van der Waals surface area (Å²) >= 11 is 12.2. The van der Waals surface area contributed by atoms with Crippen LogP contribution in [0.5, 0.6) is 0 Å². The number of hydrogen-bond acceptors (Lipinski definition) is 3. The lowest BCUT2D eigenvalue weighted by Gasteiger charge is -2.05. The van der Waals surface area contributed by atoms with Crippen LogP contribution < -0.4 is 5.43 Å². The molecular weight excluding hydrogens is 375 g/mol. The average Bonchev–Trinajstić information content (AvgIpc) is 3.00. The largest absolute Gasteiger partial charge is 0.478 e. The molecule has 2 aromatic carbocycles. The molecule has 1 aliphatic carbocycles. The van der Waals surface area contributed by atoms with E-state index in [0.717, 1.165) is 11.1 Å². The Balaban J connectivity index is 1.88. The first-order valence-electron chi connectivity index (χ1n) is 7.93. The van der Waals surface area contributed by atoms with Crippen molar-refractivity contribution in [2.24, 2.45) is 0 Å². The van der Waals surface area contributed by atoms with Gasteiger partial charge in [0.15, 0.2) is 5.43 Å². The van der Waals surface area contributed by atoms with E-state index in [1.165, 1.54) is 18.2 Å².